The number of halogens is 1. The van der Waals surface area contributed by atoms with Crippen LogP contribution >= 0.6 is 22.9 Å². The first-order valence-electron chi connectivity index (χ1n) is 11.9. The van der Waals surface area contributed by atoms with Gasteiger partial charge in [0.15, 0.2) is 11.5 Å². The van der Waals surface area contributed by atoms with Gasteiger partial charge in [0, 0.05) is 63.0 Å². The van der Waals surface area contributed by atoms with Crippen LogP contribution in [0, 0.1) is 0 Å². The molecular weight excluding hydrogens is 559 g/mol. The summed E-state index contributed by atoms with van der Waals surface area (Å²) in [5.74, 6) is 1.50. The normalized spacial score (nSPS) is 20.0. The average molecular weight is 586 g/mol. The van der Waals surface area contributed by atoms with Gasteiger partial charge in [-0.3, -0.25) is 17.5 Å². The summed E-state index contributed by atoms with van der Waals surface area (Å²) < 4.78 is 19.3. The third kappa shape index (κ3) is 4.41. The predicted molar refractivity (Wildman–Crippen MR) is 142 cm³/mol. The highest BCUT2D eigenvalue weighted by molar-refractivity contribution is 14.1. The van der Waals surface area contributed by atoms with Crippen LogP contribution in [0.15, 0.2) is 41.6 Å². The second kappa shape index (κ2) is 9.44. The molecule has 1 atom stereocenters. The van der Waals surface area contributed by atoms with E-state index in [9.17, 15) is 4.79 Å². The number of hydrogen-bond donors (Lipinski definition) is 0. The van der Waals surface area contributed by atoms with Gasteiger partial charge in [-0.1, -0.05) is 0 Å². The zero-order valence-corrected chi connectivity index (χ0v) is 21.7. The molecule has 0 radical (unpaired) electrons. The zero-order chi connectivity index (χ0) is 23.9. The van der Waals surface area contributed by atoms with Crippen molar-refractivity contribution in [3.63, 3.8) is 0 Å². The molecule has 1 fully saturated rings. The van der Waals surface area contributed by atoms with E-state index < -0.39 is 0 Å². The van der Waals surface area contributed by atoms with Crippen molar-refractivity contribution in [2.45, 2.75) is 19.1 Å². The standard InChI is InChI=1S/C26H27IN4O4/c1-29-5-7-30(8-6-29)16-20-18(12-24-25-17(3-9-33-24)2-4-31(27)26(25)32)15-28-21-14-23-22(13-19(20)21)34-10-11-35-23/h2-4,9,13-15,24H,5-8,10-12,16H2,1H3. The fourth-order valence-corrected chi connectivity index (χ4v) is 5.47. The summed E-state index contributed by atoms with van der Waals surface area (Å²) in [6, 6.07) is 6.01. The number of ether oxygens (including phenoxy) is 3. The van der Waals surface area contributed by atoms with Gasteiger partial charge in [0.25, 0.3) is 5.56 Å². The fraction of sp³-hybridized carbons (Fsp3) is 0.385. The molecule has 1 aromatic carbocycles. The Morgan fingerprint density at radius 1 is 1.11 bits per heavy atom. The minimum Gasteiger partial charge on any atom is -0.493 e. The first-order valence-corrected chi connectivity index (χ1v) is 12.9. The Bertz CT molecular complexity index is 1360. The molecule has 0 bridgehead atoms. The van der Waals surface area contributed by atoms with Crippen LogP contribution in [-0.2, 0) is 17.7 Å². The molecule has 3 aliphatic rings. The minimum atomic E-state index is -0.368. The maximum Gasteiger partial charge on any atom is 0.266 e. The molecule has 1 unspecified atom stereocenters. The number of hydrogen-bond acceptors (Lipinski definition) is 7. The van der Waals surface area contributed by atoms with Gasteiger partial charge in [0.1, 0.15) is 19.3 Å². The van der Waals surface area contributed by atoms with Crippen molar-refractivity contribution in [2.75, 3.05) is 46.4 Å². The van der Waals surface area contributed by atoms with Gasteiger partial charge in [-0.25, -0.2) is 0 Å². The molecule has 3 aromatic rings. The molecule has 0 saturated carbocycles. The lowest BCUT2D eigenvalue weighted by atomic mass is 9.93. The molecule has 5 heterocycles. The predicted octanol–water partition coefficient (Wildman–Crippen LogP) is 3.40. The van der Waals surface area contributed by atoms with E-state index in [0.29, 0.717) is 25.2 Å². The van der Waals surface area contributed by atoms with E-state index in [4.69, 9.17) is 19.2 Å². The van der Waals surface area contributed by atoms with Crippen molar-refractivity contribution in [3.05, 3.63) is 69.5 Å². The fourth-order valence-electron chi connectivity index (χ4n) is 5.05. The lowest BCUT2D eigenvalue weighted by Crippen LogP contribution is -2.44. The molecule has 9 heteroatoms. The lowest BCUT2D eigenvalue weighted by Gasteiger charge is -2.33. The van der Waals surface area contributed by atoms with Gasteiger partial charge in [0.2, 0.25) is 0 Å². The second-order valence-corrected chi connectivity index (χ2v) is 10.3. The average Bonchev–Trinajstić information content (AvgIpc) is 2.88. The van der Waals surface area contributed by atoms with E-state index in [0.717, 1.165) is 66.3 Å². The maximum atomic E-state index is 13.0. The summed E-state index contributed by atoms with van der Waals surface area (Å²) in [7, 11) is 2.17. The van der Waals surface area contributed by atoms with Gasteiger partial charge in [-0.15, -0.1) is 0 Å². The first-order chi connectivity index (χ1) is 17.1. The molecule has 2 aromatic heterocycles. The van der Waals surface area contributed by atoms with E-state index in [1.54, 1.807) is 15.2 Å². The Labute approximate surface area is 217 Å². The Morgan fingerprint density at radius 2 is 1.89 bits per heavy atom. The smallest absolute Gasteiger partial charge is 0.266 e. The van der Waals surface area contributed by atoms with Gasteiger partial charge in [-0.05, 0) is 41.9 Å². The molecular formula is C26H27IN4O4. The van der Waals surface area contributed by atoms with E-state index >= 15 is 0 Å². The summed E-state index contributed by atoms with van der Waals surface area (Å²) >= 11 is 2.02. The molecule has 35 heavy (non-hydrogen) atoms. The number of aromatic nitrogens is 2. The van der Waals surface area contributed by atoms with E-state index in [-0.39, 0.29) is 11.7 Å². The number of piperazine rings is 1. The highest BCUT2D eigenvalue weighted by Crippen LogP contribution is 2.37. The van der Waals surface area contributed by atoms with Crippen LogP contribution < -0.4 is 15.0 Å². The van der Waals surface area contributed by atoms with Gasteiger partial charge >= 0.3 is 0 Å². The Kier molecular flexibility index (Phi) is 6.15. The van der Waals surface area contributed by atoms with Crippen LogP contribution in [0.4, 0.5) is 0 Å². The quantitative estimate of drug-likeness (QED) is 0.435. The number of benzene rings is 1. The third-order valence-corrected chi connectivity index (χ3v) is 7.81. The molecule has 1 saturated heterocycles. The SMILES string of the molecule is CN1CCN(Cc2c(CC3OC=Cc4ccn(I)c(=O)c43)cnc3cc4c(cc23)OCCO4)CC1. The molecule has 6 rings (SSSR count). The summed E-state index contributed by atoms with van der Waals surface area (Å²) in [5.41, 5.74) is 4.75. The molecule has 0 N–H and O–H groups in total. The van der Waals surface area contributed by atoms with Crippen LogP contribution in [0.2, 0.25) is 0 Å². The Hall–Kier alpha value is -2.63. The third-order valence-electron chi connectivity index (χ3n) is 7.05. The summed E-state index contributed by atoms with van der Waals surface area (Å²) in [6.45, 7) is 6.01. The van der Waals surface area contributed by atoms with Crippen molar-refractivity contribution in [2.24, 2.45) is 0 Å². The summed E-state index contributed by atoms with van der Waals surface area (Å²) in [5, 5.41) is 1.07. The van der Waals surface area contributed by atoms with E-state index in [1.807, 2.05) is 47.3 Å². The van der Waals surface area contributed by atoms with Crippen molar-refractivity contribution >= 4 is 39.8 Å². The molecule has 0 spiro atoms. The number of rotatable bonds is 4. The van der Waals surface area contributed by atoms with Crippen LogP contribution in [0.25, 0.3) is 17.0 Å². The van der Waals surface area contributed by atoms with Gasteiger partial charge in [-0.2, -0.15) is 0 Å². The van der Waals surface area contributed by atoms with Crippen LogP contribution in [0.5, 0.6) is 11.5 Å². The molecule has 8 nitrogen and oxygen atoms in total. The van der Waals surface area contributed by atoms with E-state index in [1.165, 1.54) is 5.56 Å². The van der Waals surface area contributed by atoms with Crippen LogP contribution in [-0.4, -0.2) is 64.0 Å². The Balaban J connectivity index is 1.43. The van der Waals surface area contributed by atoms with Gasteiger partial charge < -0.3 is 19.1 Å². The molecule has 3 aliphatic heterocycles. The topological polar surface area (TPSA) is 69.1 Å². The number of pyridine rings is 2. The molecule has 182 valence electrons. The highest BCUT2D eigenvalue weighted by Gasteiger charge is 2.27. The largest absolute Gasteiger partial charge is 0.493 e. The Morgan fingerprint density at radius 3 is 2.69 bits per heavy atom. The maximum absolute atomic E-state index is 13.0. The van der Waals surface area contributed by atoms with Crippen molar-refractivity contribution < 1.29 is 14.2 Å². The van der Waals surface area contributed by atoms with Crippen LogP contribution in [0.1, 0.15) is 28.4 Å². The van der Waals surface area contributed by atoms with Crippen molar-refractivity contribution in [3.8, 4) is 11.5 Å². The van der Waals surface area contributed by atoms with Crippen LogP contribution in [0.3, 0.4) is 0 Å². The molecule has 0 aliphatic carbocycles. The minimum absolute atomic E-state index is 0.0357. The van der Waals surface area contributed by atoms with Gasteiger partial charge in [0.05, 0.1) is 40.2 Å². The zero-order valence-electron chi connectivity index (χ0n) is 19.6. The highest BCUT2D eigenvalue weighted by atomic mass is 127. The van der Waals surface area contributed by atoms with Crippen molar-refractivity contribution in [1.29, 1.82) is 0 Å². The molecule has 0 amide bonds. The monoisotopic (exact) mass is 586 g/mol. The second-order valence-electron chi connectivity index (χ2n) is 9.29. The number of fused-ring (bicyclic) bond motifs is 3. The first kappa shape index (κ1) is 22.8. The summed E-state index contributed by atoms with van der Waals surface area (Å²) in [4.78, 5) is 22.6. The summed E-state index contributed by atoms with van der Waals surface area (Å²) in [6.07, 6.45) is 7.48. The van der Waals surface area contributed by atoms with E-state index in [2.05, 4.69) is 22.9 Å². The van der Waals surface area contributed by atoms with Crippen molar-refractivity contribution in [1.82, 2.24) is 17.6 Å². The lowest BCUT2D eigenvalue weighted by molar-refractivity contribution is 0.139. The number of likely N-dealkylation sites (N-methyl/N-ethyl adjacent to an activating group) is 1. The number of nitrogens with zero attached hydrogens (tertiary/aromatic N) is 4.